The molecule has 0 amide bonds. The smallest absolute Gasteiger partial charge is 0.347 e. The van der Waals surface area contributed by atoms with Gasteiger partial charge in [0.05, 0.1) is 6.61 Å². The van der Waals surface area contributed by atoms with Crippen molar-refractivity contribution in [2.45, 2.75) is 45.4 Å². The van der Waals surface area contributed by atoms with Crippen LogP contribution in [0.4, 0.5) is 0 Å². The molecule has 4 nitrogen and oxygen atoms in total. The second kappa shape index (κ2) is 10.5. The van der Waals surface area contributed by atoms with Crippen LogP contribution in [-0.2, 0) is 0 Å². The normalized spacial score (nSPS) is 10.8. The van der Waals surface area contributed by atoms with Crippen LogP contribution < -0.4 is 9.47 Å². The van der Waals surface area contributed by atoms with E-state index in [0.29, 0.717) is 23.5 Å². The summed E-state index contributed by atoms with van der Waals surface area (Å²) in [5, 5.41) is 12.0. The zero-order valence-electron chi connectivity index (χ0n) is 16.9. The summed E-state index contributed by atoms with van der Waals surface area (Å²) in [5.41, 5.74) is 0.102. The van der Waals surface area contributed by atoms with Gasteiger partial charge in [-0.05, 0) is 24.6 Å². The van der Waals surface area contributed by atoms with Crippen LogP contribution >= 0.6 is 0 Å². The third-order valence-electron chi connectivity index (χ3n) is 4.91. The van der Waals surface area contributed by atoms with Crippen molar-refractivity contribution in [2.75, 3.05) is 6.61 Å². The van der Waals surface area contributed by atoms with Gasteiger partial charge in [0.25, 0.3) is 0 Å². The summed E-state index contributed by atoms with van der Waals surface area (Å²) in [5.74, 6) is 0.323. The number of para-hydroxylation sites is 1. The third kappa shape index (κ3) is 5.50. The van der Waals surface area contributed by atoms with Gasteiger partial charge in [-0.3, -0.25) is 0 Å². The van der Waals surface area contributed by atoms with E-state index in [-0.39, 0.29) is 11.3 Å². The molecule has 0 aliphatic heterocycles. The second-order valence-corrected chi connectivity index (χ2v) is 7.14. The molecule has 1 N–H and O–H groups in total. The van der Waals surface area contributed by atoms with Crippen molar-refractivity contribution < 1.29 is 19.4 Å². The molecular formula is C25H28O4. The maximum Gasteiger partial charge on any atom is 0.347 e. The summed E-state index contributed by atoms with van der Waals surface area (Å²) in [7, 11) is 0. The van der Waals surface area contributed by atoms with Crippen LogP contribution in [0.3, 0.4) is 0 Å². The number of carbonyl (C=O) groups excluding carboxylic acids is 1. The van der Waals surface area contributed by atoms with Gasteiger partial charge in [0.15, 0.2) is 0 Å². The zero-order chi connectivity index (χ0) is 20.5. The average Bonchev–Trinajstić information content (AvgIpc) is 2.75. The Morgan fingerprint density at radius 1 is 0.862 bits per heavy atom. The molecule has 152 valence electrons. The van der Waals surface area contributed by atoms with Crippen LogP contribution in [0.25, 0.3) is 10.8 Å². The summed E-state index contributed by atoms with van der Waals surface area (Å²) in [6.45, 7) is 2.79. The van der Waals surface area contributed by atoms with E-state index in [0.717, 1.165) is 18.2 Å². The molecule has 4 heteroatoms. The molecule has 0 aliphatic rings. The molecule has 3 rings (SSSR count). The lowest BCUT2D eigenvalue weighted by atomic mass is 10.0. The Labute approximate surface area is 172 Å². The first-order valence-corrected chi connectivity index (χ1v) is 10.4. The fourth-order valence-corrected chi connectivity index (χ4v) is 3.32. The number of ether oxygens (including phenoxy) is 2. The fourth-order valence-electron chi connectivity index (χ4n) is 3.32. The number of aromatic hydroxyl groups is 1. The molecule has 0 atom stereocenters. The minimum absolute atomic E-state index is 0.0894. The van der Waals surface area contributed by atoms with Crippen LogP contribution in [0.2, 0.25) is 0 Å². The zero-order valence-corrected chi connectivity index (χ0v) is 16.9. The Hall–Kier alpha value is -3.01. The van der Waals surface area contributed by atoms with Crippen molar-refractivity contribution >= 4 is 16.7 Å². The van der Waals surface area contributed by atoms with Gasteiger partial charge in [0, 0.05) is 10.8 Å². The van der Waals surface area contributed by atoms with E-state index in [4.69, 9.17) is 9.47 Å². The van der Waals surface area contributed by atoms with Gasteiger partial charge in [-0.2, -0.15) is 0 Å². The average molecular weight is 392 g/mol. The number of benzene rings is 3. The van der Waals surface area contributed by atoms with Crippen molar-refractivity contribution in [1.29, 1.82) is 0 Å². The van der Waals surface area contributed by atoms with Crippen LogP contribution in [0, 0.1) is 0 Å². The van der Waals surface area contributed by atoms with Gasteiger partial charge >= 0.3 is 5.97 Å². The lowest BCUT2D eigenvalue weighted by Crippen LogP contribution is -2.10. The summed E-state index contributed by atoms with van der Waals surface area (Å²) < 4.78 is 11.4. The lowest BCUT2D eigenvalue weighted by Gasteiger charge is -2.14. The molecule has 0 radical (unpaired) electrons. The van der Waals surface area contributed by atoms with E-state index in [9.17, 15) is 9.90 Å². The number of hydrogen-bond acceptors (Lipinski definition) is 4. The molecule has 3 aromatic carbocycles. The maximum absolute atomic E-state index is 12.7. The van der Waals surface area contributed by atoms with Gasteiger partial charge in [-0.25, -0.2) is 4.79 Å². The number of hydrogen-bond donors (Lipinski definition) is 1. The molecule has 0 bridgehead atoms. The highest BCUT2D eigenvalue weighted by Gasteiger charge is 2.19. The predicted molar refractivity (Wildman–Crippen MR) is 116 cm³/mol. The van der Waals surface area contributed by atoms with Crippen LogP contribution in [-0.4, -0.2) is 17.7 Å². The predicted octanol–water partition coefficient (Wildman–Crippen LogP) is 6.50. The first-order chi connectivity index (χ1) is 14.2. The molecule has 0 heterocycles. The first kappa shape index (κ1) is 20.7. The number of carbonyl (C=O) groups is 1. The largest absolute Gasteiger partial charge is 0.506 e. The number of phenolic OH excluding ortho intramolecular Hbond substituents is 1. The van der Waals surface area contributed by atoms with Crippen LogP contribution in [0.5, 0.6) is 17.2 Å². The van der Waals surface area contributed by atoms with Crippen molar-refractivity contribution in [3.05, 3.63) is 66.2 Å². The molecule has 0 aromatic heterocycles. The van der Waals surface area contributed by atoms with Crippen LogP contribution in [0.1, 0.15) is 55.8 Å². The summed E-state index contributed by atoms with van der Waals surface area (Å²) in [4.78, 5) is 12.7. The van der Waals surface area contributed by atoms with Crippen LogP contribution in [0.15, 0.2) is 60.7 Å². The topological polar surface area (TPSA) is 55.8 Å². The minimum atomic E-state index is -0.608. The molecule has 0 saturated heterocycles. The summed E-state index contributed by atoms with van der Waals surface area (Å²) in [6.07, 6.45) is 7.06. The molecule has 0 aliphatic carbocycles. The molecule has 0 unspecified atom stereocenters. The van der Waals surface area contributed by atoms with Gasteiger partial charge in [-0.1, -0.05) is 81.5 Å². The van der Waals surface area contributed by atoms with E-state index in [1.807, 2.05) is 24.3 Å². The highest BCUT2D eigenvalue weighted by molar-refractivity contribution is 6.04. The summed E-state index contributed by atoms with van der Waals surface area (Å²) >= 11 is 0. The fraction of sp³-hybridized carbons (Fsp3) is 0.320. The Morgan fingerprint density at radius 2 is 1.52 bits per heavy atom. The molecule has 29 heavy (non-hydrogen) atoms. The lowest BCUT2D eigenvalue weighted by molar-refractivity contribution is 0.0731. The molecule has 0 fully saturated rings. The standard InChI is InChI=1S/C25H28O4/c1-2-3-4-5-6-12-17-28-23-18-22(24(26)21-16-11-10-15-20(21)23)25(27)29-19-13-8-7-9-14-19/h7-11,13-16,18,26H,2-6,12,17H2,1H3. The van der Waals surface area contributed by atoms with E-state index in [1.54, 1.807) is 36.4 Å². The second-order valence-electron chi connectivity index (χ2n) is 7.14. The van der Waals surface area contributed by atoms with E-state index in [2.05, 4.69) is 6.92 Å². The molecule has 0 spiro atoms. The van der Waals surface area contributed by atoms with E-state index in [1.165, 1.54) is 25.7 Å². The first-order valence-electron chi connectivity index (χ1n) is 10.4. The minimum Gasteiger partial charge on any atom is -0.506 e. The Kier molecular flexibility index (Phi) is 7.51. The SMILES string of the molecule is CCCCCCCCOc1cc(C(=O)Oc2ccccc2)c(O)c2ccccc12. The number of rotatable bonds is 10. The highest BCUT2D eigenvalue weighted by atomic mass is 16.5. The van der Waals surface area contributed by atoms with Crippen molar-refractivity contribution in [1.82, 2.24) is 0 Å². The highest BCUT2D eigenvalue weighted by Crippen LogP contribution is 2.36. The van der Waals surface area contributed by atoms with E-state index < -0.39 is 5.97 Å². The Balaban J connectivity index is 1.76. The van der Waals surface area contributed by atoms with Crippen molar-refractivity contribution in [3.63, 3.8) is 0 Å². The number of unbranched alkanes of at least 4 members (excludes halogenated alkanes) is 5. The van der Waals surface area contributed by atoms with Crippen molar-refractivity contribution in [3.8, 4) is 17.2 Å². The molecule has 3 aromatic rings. The maximum atomic E-state index is 12.7. The molecule has 0 saturated carbocycles. The third-order valence-corrected chi connectivity index (χ3v) is 4.91. The van der Waals surface area contributed by atoms with E-state index >= 15 is 0 Å². The van der Waals surface area contributed by atoms with Gasteiger partial charge in [0.1, 0.15) is 22.8 Å². The van der Waals surface area contributed by atoms with Gasteiger partial charge in [-0.15, -0.1) is 0 Å². The number of fused-ring (bicyclic) bond motifs is 1. The Bertz CT molecular complexity index is 934. The Morgan fingerprint density at radius 3 is 2.28 bits per heavy atom. The van der Waals surface area contributed by atoms with Crippen molar-refractivity contribution in [2.24, 2.45) is 0 Å². The number of esters is 1. The van der Waals surface area contributed by atoms with Gasteiger partial charge < -0.3 is 14.6 Å². The van der Waals surface area contributed by atoms with Gasteiger partial charge in [0.2, 0.25) is 0 Å². The monoisotopic (exact) mass is 392 g/mol. The quantitative estimate of drug-likeness (QED) is 0.243. The number of phenols is 1. The molecular weight excluding hydrogens is 364 g/mol. The summed E-state index contributed by atoms with van der Waals surface area (Å²) in [6, 6.07) is 17.8.